The molecule has 0 N–H and O–H groups in total. The van der Waals surface area contributed by atoms with Gasteiger partial charge in [0.05, 0.1) is 0 Å². The van der Waals surface area contributed by atoms with E-state index in [9.17, 15) is 24.0 Å². The molecule has 0 amide bonds. The van der Waals surface area contributed by atoms with Crippen molar-refractivity contribution in [3.8, 4) is 6.07 Å². The molecule has 0 aliphatic carbocycles. The maximum Gasteiger partial charge on any atom is 0.304 e. The molecule has 0 radical (unpaired) electrons. The predicted octanol–water partition coefficient (Wildman–Crippen LogP) is -0.459. The average Bonchev–Trinajstić information content (AvgIpc) is 2.66. The minimum atomic E-state index is -1.47. The van der Waals surface area contributed by atoms with Crippen molar-refractivity contribution in [2.24, 2.45) is 0 Å². The molecule has 0 bridgehead atoms. The second kappa shape index (κ2) is 12.6. The molecular weight excluding hydrogens is 434 g/mol. The summed E-state index contributed by atoms with van der Waals surface area (Å²) in [5.74, 6) is -3.78. The lowest BCUT2D eigenvalue weighted by molar-refractivity contribution is -0.310. The van der Waals surface area contributed by atoms with Crippen molar-refractivity contribution >= 4 is 29.8 Å². The number of esters is 5. The number of nitrogens with zero attached hydrogens (tertiary/aromatic N) is 1. The molecule has 1 saturated heterocycles. The zero-order chi connectivity index (χ0) is 24.4. The van der Waals surface area contributed by atoms with Crippen LogP contribution in [0.25, 0.3) is 0 Å². The number of carbonyl (C=O) groups excluding carboxylic acids is 5. The van der Waals surface area contributed by atoms with E-state index in [0.29, 0.717) is 0 Å². The fraction of sp³-hybridized carbons (Fsp3) is 0.684. The molecule has 13 heteroatoms. The third-order valence-electron chi connectivity index (χ3n) is 3.81. The molecule has 1 aliphatic heterocycles. The van der Waals surface area contributed by atoms with Crippen LogP contribution < -0.4 is 0 Å². The molecule has 0 unspecified atom stereocenters. The summed E-state index contributed by atoms with van der Waals surface area (Å²) >= 11 is 0. The molecule has 0 aromatic heterocycles. The average molecular weight is 459 g/mol. The Hall–Kier alpha value is -3.24. The molecule has 13 nitrogen and oxygen atoms in total. The predicted molar refractivity (Wildman–Crippen MR) is 99.1 cm³/mol. The summed E-state index contributed by atoms with van der Waals surface area (Å²) in [6.45, 7) is 4.55. The molecule has 6 atom stereocenters. The monoisotopic (exact) mass is 459 g/mol. The number of hydrogen-bond acceptors (Lipinski definition) is 13. The van der Waals surface area contributed by atoms with Crippen molar-refractivity contribution < 1.29 is 57.1 Å². The van der Waals surface area contributed by atoms with E-state index in [-0.39, 0.29) is 0 Å². The van der Waals surface area contributed by atoms with Gasteiger partial charge in [0, 0.05) is 34.6 Å². The van der Waals surface area contributed by atoms with E-state index in [1.165, 1.54) is 0 Å². The van der Waals surface area contributed by atoms with Crippen LogP contribution in [0.15, 0.2) is 0 Å². The highest BCUT2D eigenvalue weighted by atomic mass is 16.7. The van der Waals surface area contributed by atoms with Crippen LogP contribution in [0.1, 0.15) is 34.6 Å². The summed E-state index contributed by atoms with van der Waals surface area (Å²) < 4.78 is 36.5. The lowest BCUT2D eigenvalue weighted by Gasteiger charge is -2.44. The van der Waals surface area contributed by atoms with Gasteiger partial charge in [0.25, 0.3) is 0 Å². The van der Waals surface area contributed by atoms with Crippen molar-refractivity contribution in [1.29, 1.82) is 5.26 Å². The molecule has 1 aliphatic rings. The fourth-order valence-electron chi connectivity index (χ4n) is 2.80. The topological polar surface area (TPSA) is 174 Å². The van der Waals surface area contributed by atoms with Crippen molar-refractivity contribution in [2.45, 2.75) is 71.4 Å². The Labute approximate surface area is 183 Å². The molecule has 32 heavy (non-hydrogen) atoms. The Kier molecular flexibility index (Phi) is 10.5. The minimum absolute atomic E-state index is 0.427. The number of nitriles is 1. The van der Waals surface area contributed by atoms with Gasteiger partial charge < -0.3 is 33.2 Å². The molecule has 1 rings (SSSR count). The van der Waals surface area contributed by atoms with Gasteiger partial charge in [-0.2, -0.15) is 5.26 Å². The second-order valence-electron chi connectivity index (χ2n) is 6.63. The third kappa shape index (κ3) is 8.86. The molecule has 0 aromatic rings. The second-order valence-corrected chi connectivity index (χ2v) is 6.63. The van der Waals surface area contributed by atoms with Gasteiger partial charge in [0.15, 0.2) is 24.6 Å². The van der Waals surface area contributed by atoms with E-state index in [1.807, 2.05) is 0 Å². The molecule has 1 heterocycles. The maximum atomic E-state index is 11.7. The van der Waals surface area contributed by atoms with E-state index >= 15 is 0 Å². The first-order chi connectivity index (χ1) is 14.9. The van der Waals surface area contributed by atoms with Crippen LogP contribution in [0, 0.1) is 11.3 Å². The van der Waals surface area contributed by atoms with E-state index in [2.05, 4.69) is 0 Å². The van der Waals surface area contributed by atoms with Crippen LogP contribution in [-0.4, -0.2) is 79.9 Å². The molecule has 178 valence electrons. The first-order valence-corrected chi connectivity index (χ1v) is 9.43. The Morgan fingerprint density at radius 2 is 1.34 bits per heavy atom. The SMILES string of the molecule is CC(=O)OC[C@H]1O[C@H](OC[C@@H](C#N)OC(C)=O)[C@@H](OC(C)=O)[C@@H](OC(C)=O)[C@@H]1OC(C)=O. The number of rotatable bonds is 9. The smallest absolute Gasteiger partial charge is 0.304 e. The highest BCUT2D eigenvalue weighted by Crippen LogP contribution is 2.30. The van der Waals surface area contributed by atoms with Crippen LogP contribution in [0.5, 0.6) is 0 Å². The molecule has 0 aromatic carbocycles. The van der Waals surface area contributed by atoms with Gasteiger partial charge in [-0.15, -0.1) is 0 Å². The first-order valence-electron chi connectivity index (χ1n) is 9.43. The van der Waals surface area contributed by atoms with Gasteiger partial charge in [-0.1, -0.05) is 0 Å². The molecular formula is C19H25NO12. The van der Waals surface area contributed by atoms with Crippen LogP contribution in [0.3, 0.4) is 0 Å². The van der Waals surface area contributed by atoms with Crippen molar-refractivity contribution in [2.75, 3.05) is 13.2 Å². The van der Waals surface area contributed by atoms with Gasteiger partial charge in [-0.25, -0.2) is 0 Å². The van der Waals surface area contributed by atoms with Gasteiger partial charge in [-0.3, -0.25) is 24.0 Å². The molecule has 1 fully saturated rings. The number of ether oxygens (including phenoxy) is 7. The number of carbonyl (C=O) groups is 5. The molecule has 0 spiro atoms. The third-order valence-corrected chi connectivity index (χ3v) is 3.81. The van der Waals surface area contributed by atoms with Crippen molar-refractivity contribution in [1.82, 2.24) is 0 Å². The standard InChI is InChI=1S/C19H25NO12/c1-9(21)26-8-15-16(29-11(3)23)17(30-12(4)24)18(31-13(5)25)19(32-15)27-7-14(6-20)28-10(2)22/h14-19H,7-8H2,1-5H3/t14-,15-,16-,17+,18+,19+/m1/s1. The van der Waals surface area contributed by atoms with Crippen LogP contribution in [0.2, 0.25) is 0 Å². The van der Waals surface area contributed by atoms with Gasteiger partial charge in [0.2, 0.25) is 6.10 Å². The lowest BCUT2D eigenvalue weighted by atomic mass is 9.98. The zero-order valence-electron chi connectivity index (χ0n) is 18.2. The summed E-state index contributed by atoms with van der Waals surface area (Å²) in [4.78, 5) is 57.4. The Balaban J connectivity index is 3.27. The summed E-state index contributed by atoms with van der Waals surface area (Å²) in [5.41, 5.74) is 0. The van der Waals surface area contributed by atoms with Gasteiger partial charge in [-0.05, 0) is 0 Å². The van der Waals surface area contributed by atoms with E-state index < -0.39 is 79.9 Å². The van der Waals surface area contributed by atoms with E-state index in [4.69, 9.17) is 38.4 Å². The molecule has 0 saturated carbocycles. The largest absolute Gasteiger partial charge is 0.463 e. The fourth-order valence-corrected chi connectivity index (χ4v) is 2.80. The Bertz CT molecular complexity index is 760. The first kappa shape index (κ1) is 26.8. The zero-order valence-corrected chi connectivity index (χ0v) is 18.2. The van der Waals surface area contributed by atoms with Crippen molar-refractivity contribution in [3.63, 3.8) is 0 Å². The minimum Gasteiger partial charge on any atom is -0.463 e. The van der Waals surface area contributed by atoms with Crippen LogP contribution >= 0.6 is 0 Å². The summed E-state index contributed by atoms with van der Waals surface area (Å²) in [7, 11) is 0. The Morgan fingerprint density at radius 3 is 1.81 bits per heavy atom. The van der Waals surface area contributed by atoms with E-state index in [0.717, 1.165) is 34.6 Å². The number of hydrogen-bond donors (Lipinski definition) is 0. The summed E-state index contributed by atoms with van der Waals surface area (Å²) in [5, 5.41) is 9.11. The van der Waals surface area contributed by atoms with Gasteiger partial charge in [0.1, 0.15) is 25.4 Å². The maximum absolute atomic E-state index is 11.7. The highest BCUT2D eigenvalue weighted by Gasteiger charge is 2.52. The normalized spacial score (nSPS) is 25.4. The summed E-state index contributed by atoms with van der Waals surface area (Å²) in [6.07, 6.45) is -8.17. The van der Waals surface area contributed by atoms with Crippen molar-refractivity contribution in [3.05, 3.63) is 0 Å². The van der Waals surface area contributed by atoms with Crippen LogP contribution in [-0.2, 0) is 57.1 Å². The quantitative estimate of drug-likeness (QED) is 0.320. The lowest BCUT2D eigenvalue weighted by Crippen LogP contribution is -2.63. The highest BCUT2D eigenvalue weighted by molar-refractivity contribution is 5.69. The Morgan fingerprint density at radius 1 is 0.812 bits per heavy atom. The van der Waals surface area contributed by atoms with Crippen LogP contribution in [0.4, 0.5) is 0 Å². The van der Waals surface area contributed by atoms with Gasteiger partial charge >= 0.3 is 29.8 Å². The summed E-state index contributed by atoms with van der Waals surface area (Å²) in [6, 6.07) is 1.70. The van der Waals surface area contributed by atoms with E-state index in [1.54, 1.807) is 6.07 Å².